The van der Waals surface area contributed by atoms with Gasteiger partial charge in [0, 0.05) is 38.1 Å². The monoisotopic (exact) mass is 398 g/mol. The van der Waals surface area contributed by atoms with Crippen LogP contribution in [-0.2, 0) is 4.74 Å². The number of rotatable bonds is 5. The van der Waals surface area contributed by atoms with Crippen molar-refractivity contribution in [1.82, 2.24) is 9.88 Å². The molecule has 1 aliphatic heterocycles. The molecule has 2 aromatic rings. The van der Waals surface area contributed by atoms with Gasteiger partial charge >= 0.3 is 12.0 Å². The predicted molar refractivity (Wildman–Crippen MR) is 111 cm³/mol. The zero-order valence-corrected chi connectivity index (χ0v) is 16.8. The van der Waals surface area contributed by atoms with E-state index in [1.54, 1.807) is 25.0 Å². The van der Waals surface area contributed by atoms with E-state index in [0.717, 1.165) is 30.2 Å². The first-order valence-electron chi connectivity index (χ1n) is 9.69. The number of amides is 2. The minimum Gasteiger partial charge on any atom is -0.497 e. The second kappa shape index (κ2) is 9.77. The topological polar surface area (TPSA) is 84.0 Å². The van der Waals surface area contributed by atoms with Gasteiger partial charge in [-0.2, -0.15) is 0 Å². The minimum absolute atomic E-state index is 0.123. The fraction of sp³-hybridized carbons (Fsp3) is 0.381. The summed E-state index contributed by atoms with van der Waals surface area (Å²) >= 11 is 0. The molecule has 0 unspecified atom stereocenters. The number of nitrogens with one attached hydrogen (secondary N) is 1. The summed E-state index contributed by atoms with van der Waals surface area (Å²) in [6.07, 6.45) is 2.36. The van der Waals surface area contributed by atoms with Gasteiger partial charge in [0.1, 0.15) is 11.6 Å². The predicted octanol–water partition coefficient (Wildman–Crippen LogP) is 3.01. The number of anilines is 2. The van der Waals surface area contributed by atoms with Gasteiger partial charge in [-0.1, -0.05) is 0 Å². The van der Waals surface area contributed by atoms with Crippen molar-refractivity contribution in [1.29, 1.82) is 0 Å². The Kier molecular flexibility index (Phi) is 6.89. The van der Waals surface area contributed by atoms with Crippen molar-refractivity contribution in [2.45, 2.75) is 13.3 Å². The molecular formula is C21H26N4O4. The normalized spacial score (nSPS) is 14.1. The average molecular weight is 398 g/mol. The zero-order valence-electron chi connectivity index (χ0n) is 16.8. The molecule has 0 spiro atoms. The number of ether oxygens (including phenoxy) is 2. The second-order valence-corrected chi connectivity index (χ2v) is 6.61. The lowest BCUT2D eigenvalue weighted by Crippen LogP contribution is -2.38. The van der Waals surface area contributed by atoms with Crippen molar-refractivity contribution < 1.29 is 19.1 Å². The third kappa shape index (κ3) is 5.37. The van der Waals surface area contributed by atoms with Crippen LogP contribution in [-0.4, -0.2) is 61.8 Å². The largest absolute Gasteiger partial charge is 0.497 e. The lowest BCUT2D eigenvalue weighted by Gasteiger charge is -2.23. The summed E-state index contributed by atoms with van der Waals surface area (Å²) in [7, 11) is 1.61. The van der Waals surface area contributed by atoms with E-state index in [0.29, 0.717) is 31.8 Å². The summed E-state index contributed by atoms with van der Waals surface area (Å²) in [4.78, 5) is 32.7. The molecule has 0 aliphatic carbocycles. The number of pyridine rings is 1. The Hall–Kier alpha value is -3.29. The van der Waals surface area contributed by atoms with Crippen molar-refractivity contribution in [3.63, 3.8) is 0 Å². The Balaban J connectivity index is 1.56. The second-order valence-electron chi connectivity index (χ2n) is 6.61. The molecule has 8 nitrogen and oxygen atoms in total. The van der Waals surface area contributed by atoms with Gasteiger partial charge in [0.15, 0.2) is 0 Å². The standard InChI is InChI=1S/C21H26N4O4/c1-3-29-20(26)16-5-10-19(22-15-16)24-11-4-12-25(14-13-24)21(27)23-17-6-8-18(28-2)9-7-17/h5-10,15H,3-4,11-14H2,1-2H3,(H,23,27). The average Bonchev–Trinajstić information content (AvgIpc) is 3.01. The molecular weight excluding hydrogens is 372 g/mol. The number of urea groups is 1. The van der Waals surface area contributed by atoms with Crippen LogP contribution >= 0.6 is 0 Å². The van der Waals surface area contributed by atoms with Crippen LogP contribution in [0, 0.1) is 0 Å². The number of aromatic nitrogens is 1. The number of hydrogen-bond acceptors (Lipinski definition) is 6. The highest BCUT2D eigenvalue weighted by atomic mass is 16.5. The molecule has 8 heteroatoms. The number of carbonyl (C=O) groups is 2. The SMILES string of the molecule is CCOC(=O)c1ccc(N2CCCN(C(=O)Nc3ccc(OC)cc3)CC2)nc1. The van der Waals surface area contributed by atoms with E-state index < -0.39 is 0 Å². The van der Waals surface area contributed by atoms with Crippen LogP contribution in [0.5, 0.6) is 5.75 Å². The van der Waals surface area contributed by atoms with Gasteiger partial charge in [0.2, 0.25) is 0 Å². The summed E-state index contributed by atoms with van der Waals surface area (Å²) in [5.74, 6) is 1.16. The summed E-state index contributed by atoms with van der Waals surface area (Å²) in [6, 6.07) is 10.7. The molecule has 154 valence electrons. The molecule has 1 aliphatic rings. The highest BCUT2D eigenvalue weighted by Crippen LogP contribution is 2.17. The molecule has 1 aromatic carbocycles. The van der Waals surface area contributed by atoms with Gasteiger partial charge in [-0.15, -0.1) is 0 Å². The van der Waals surface area contributed by atoms with Crippen LogP contribution in [0.15, 0.2) is 42.6 Å². The molecule has 3 rings (SSSR count). The maximum absolute atomic E-state index is 12.6. The van der Waals surface area contributed by atoms with Gasteiger partial charge in [-0.25, -0.2) is 14.6 Å². The molecule has 29 heavy (non-hydrogen) atoms. The maximum atomic E-state index is 12.6. The lowest BCUT2D eigenvalue weighted by atomic mass is 10.2. The Morgan fingerprint density at radius 2 is 1.86 bits per heavy atom. The zero-order chi connectivity index (χ0) is 20.6. The molecule has 2 heterocycles. The highest BCUT2D eigenvalue weighted by Gasteiger charge is 2.20. The fourth-order valence-corrected chi connectivity index (χ4v) is 3.13. The number of nitrogens with zero attached hydrogens (tertiary/aromatic N) is 3. The minimum atomic E-state index is -0.371. The molecule has 0 bridgehead atoms. The first-order chi connectivity index (χ1) is 14.1. The van der Waals surface area contributed by atoms with Gasteiger partial charge in [-0.05, 0) is 49.7 Å². The third-order valence-electron chi connectivity index (χ3n) is 4.71. The third-order valence-corrected chi connectivity index (χ3v) is 4.71. The van der Waals surface area contributed by atoms with Crippen LogP contribution in [0.2, 0.25) is 0 Å². The molecule has 1 saturated heterocycles. The van der Waals surface area contributed by atoms with Crippen molar-refractivity contribution in [2.75, 3.05) is 50.1 Å². The van der Waals surface area contributed by atoms with E-state index in [9.17, 15) is 9.59 Å². The molecule has 2 amide bonds. The van der Waals surface area contributed by atoms with E-state index in [4.69, 9.17) is 9.47 Å². The quantitative estimate of drug-likeness (QED) is 0.780. The van der Waals surface area contributed by atoms with Gasteiger partial charge in [-0.3, -0.25) is 0 Å². The summed E-state index contributed by atoms with van der Waals surface area (Å²) in [5, 5.41) is 2.92. The Bertz CT molecular complexity index is 824. The van der Waals surface area contributed by atoms with Crippen LogP contribution < -0.4 is 15.0 Å². The molecule has 0 radical (unpaired) electrons. The molecule has 1 fully saturated rings. The van der Waals surface area contributed by atoms with Crippen molar-refractivity contribution in [3.05, 3.63) is 48.2 Å². The first-order valence-corrected chi connectivity index (χ1v) is 9.69. The lowest BCUT2D eigenvalue weighted by molar-refractivity contribution is 0.0526. The summed E-state index contributed by atoms with van der Waals surface area (Å²) < 4.78 is 10.1. The van der Waals surface area contributed by atoms with Crippen LogP contribution in [0.1, 0.15) is 23.7 Å². The van der Waals surface area contributed by atoms with Gasteiger partial charge in [0.25, 0.3) is 0 Å². The number of benzene rings is 1. The van der Waals surface area contributed by atoms with Crippen molar-refractivity contribution >= 4 is 23.5 Å². The first kappa shape index (κ1) is 20.4. The number of carbonyl (C=O) groups excluding carboxylic acids is 2. The Morgan fingerprint density at radius 1 is 1.07 bits per heavy atom. The van der Waals surface area contributed by atoms with Crippen molar-refractivity contribution in [2.24, 2.45) is 0 Å². The van der Waals surface area contributed by atoms with E-state index in [2.05, 4.69) is 15.2 Å². The van der Waals surface area contributed by atoms with Crippen LogP contribution in [0.3, 0.4) is 0 Å². The molecule has 1 aromatic heterocycles. The number of methoxy groups -OCH3 is 1. The molecule has 0 saturated carbocycles. The number of hydrogen-bond donors (Lipinski definition) is 1. The number of esters is 1. The Morgan fingerprint density at radius 3 is 2.52 bits per heavy atom. The van der Waals surface area contributed by atoms with E-state index >= 15 is 0 Å². The van der Waals surface area contributed by atoms with E-state index in [1.807, 2.05) is 30.3 Å². The van der Waals surface area contributed by atoms with E-state index in [1.165, 1.54) is 6.20 Å². The summed E-state index contributed by atoms with van der Waals surface area (Å²) in [6.45, 7) is 4.82. The summed E-state index contributed by atoms with van der Waals surface area (Å²) in [5.41, 5.74) is 1.17. The Labute approximate surface area is 170 Å². The fourth-order valence-electron chi connectivity index (χ4n) is 3.13. The van der Waals surface area contributed by atoms with Crippen LogP contribution in [0.25, 0.3) is 0 Å². The highest BCUT2D eigenvalue weighted by molar-refractivity contribution is 5.90. The van der Waals surface area contributed by atoms with Crippen LogP contribution in [0.4, 0.5) is 16.3 Å². The van der Waals surface area contributed by atoms with E-state index in [-0.39, 0.29) is 12.0 Å². The smallest absolute Gasteiger partial charge is 0.339 e. The molecule has 0 atom stereocenters. The van der Waals surface area contributed by atoms with Gasteiger partial charge < -0.3 is 24.6 Å². The van der Waals surface area contributed by atoms with Crippen molar-refractivity contribution in [3.8, 4) is 5.75 Å². The molecule has 1 N–H and O–H groups in total. The van der Waals surface area contributed by atoms with Gasteiger partial charge in [0.05, 0.1) is 19.3 Å². The maximum Gasteiger partial charge on any atom is 0.339 e.